The summed E-state index contributed by atoms with van der Waals surface area (Å²) >= 11 is 0. The Morgan fingerprint density at radius 1 is 0.460 bits per heavy atom. The molecule has 0 unspecified atom stereocenters. The molecular weight excluding hydrogens is 1280 g/mol. The number of benzene rings is 5. The average molecular weight is 1360 g/mol. The summed E-state index contributed by atoms with van der Waals surface area (Å²) in [5.74, 6) is -2.57. The van der Waals surface area contributed by atoms with Crippen LogP contribution in [-0.2, 0) is 43.0 Å². The second-order valence-corrected chi connectivity index (χ2v) is 28.2. The molecular formula is C77H72F3N9O11. The number of anilines is 2. The first-order valence-corrected chi connectivity index (χ1v) is 33.6. The fourth-order valence-corrected chi connectivity index (χ4v) is 17.1. The smallest absolute Gasteiger partial charge is 0.417 e. The summed E-state index contributed by atoms with van der Waals surface area (Å²) in [7, 11) is 1.34. The van der Waals surface area contributed by atoms with Crippen molar-refractivity contribution in [2.75, 3.05) is 36.5 Å². The molecule has 3 spiro atoms. The number of imide groups is 1. The number of amides is 4. The summed E-state index contributed by atoms with van der Waals surface area (Å²) in [5.41, 5.74) is 10.8. The summed E-state index contributed by atoms with van der Waals surface area (Å²) in [6.07, 6.45) is 20.4. The van der Waals surface area contributed by atoms with Crippen molar-refractivity contribution in [2.24, 2.45) is 16.2 Å². The van der Waals surface area contributed by atoms with Crippen molar-refractivity contribution >= 4 is 65.7 Å². The monoisotopic (exact) mass is 1360 g/mol. The standard InChI is InChI=1S/C28H26FN3O4.C27H24FN3O4.C22H22FN3O3/c1-27-15-19-16-30-32(23-11-7-21(29)8-12-23)24(19)14-20(27)4-3-13-28(27)17-31(26(34)36-28)22-9-5-18(6-10-22)25(33)35-2;1-26-14-18-15-29-31(22-10-6-20(28)7-11-22)23(18)13-19(26)3-2-12-27(26)16-30(25(34)35-27)21-8-4-17(5-9-21)24(32)33;1-14(27)25-13-22(29-20(25)28)9-3-4-16-10-19-15(11-21(16,22)2)12-24-26(19)18-7-5-17(23)6-8-18/h5-12,14,16H,3-4,13,15,17H2,1-2H3;4-11,13,15H,2-3,12,14,16H2,1H3,(H,32,33);5-8,10,12H,3-4,9,11,13H2,1-2H3/t27-,28+;26-,27+;21-,22+/m000/s1. The molecule has 6 fully saturated rings. The lowest BCUT2D eigenvalue weighted by molar-refractivity contribution is -0.126. The van der Waals surface area contributed by atoms with Crippen molar-refractivity contribution < 1.29 is 66.0 Å². The molecule has 5 aromatic carbocycles. The summed E-state index contributed by atoms with van der Waals surface area (Å²) < 4.78 is 68.8. The van der Waals surface area contributed by atoms with Crippen LogP contribution in [0.5, 0.6) is 0 Å². The van der Waals surface area contributed by atoms with E-state index in [-0.39, 0.29) is 47.0 Å². The third-order valence-electron chi connectivity index (χ3n) is 22.8. The predicted molar refractivity (Wildman–Crippen MR) is 362 cm³/mol. The highest BCUT2D eigenvalue weighted by atomic mass is 19.1. The van der Waals surface area contributed by atoms with Gasteiger partial charge in [-0.05, 0) is 233 Å². The number of nitrogens with zero attached hydrogens (tertiary/aromatic N) is 9. The van der Waals surface area contributed by atoms with Gasteiger partial charge in [0.25, 0.3) is 0 Å². The number of ether oxygens (including phenoxy) is 4. The molecule has 3 aliphatic heterocycles. The molecule has 100 heavy (non-hydrogen) atoms. The van der Waals surface area contributed by atoms with E-state index in [4.69, 9.17) is 18.9 Å². The molecule has 0 radical (unpaired) electrons. The van der Waals surface area contributed by atoms with E-state index in [2.05, 4.69) is 54.3 Å². The van der Waals surface area contributed by atoms with E-state index in [0.717, 1.165) is 109 Å². The molecule has 20 nitrogen and oxygen atoms in total. The normalized spacial score (nSPS) is 25.8. The SMILES string of the molecule is CC(=O)N1C[C@@]2(CCCC3=Cc4c(cnn4-c4ccc(F)cc4)C[C@@]32C)OC1=O.COC(=O)c1ccc(N2C[C@@]3(CCCC4=Cc5c(cnn5-c5ccc(F)cc5)C[C@@]43C)OC2=O)cc1.C[C@]12Cc3cnn(-c4ccc(F)cc4)c3C=C1CCC[C@@]21CN(c2ccc(C(=O)O)cc2)C(=O)O1. The molecule has 3 saturated heterocycles. The molecule has 8 aromatic rings. The Morgan fingerprint density at radius 3 is 1.10 bits per heavy atom. The molecule has 6 heterocycles. The highest BCUT2D eigenvalue weighted by molar-refractivity contribution is 5.95. The van der Waals surface area contributed by atoms with Crippen LogP contribution in [-0.4, -0.2) is 119 Å². The van der Waals surface area contributed by atoms with Crippen molar-refractivity contribution in [1.82, 2.24) is 34.2 Å². The van der Waals surface area contributed by atoms with Crippen LogP contribution in [0.15, 0.2) is 157 Å². The third-order valence-corrected chi connectivity index (χ3v) is 22.8. The Bertz CT molecular complexity index is 4770. The Morgan fingerprint density at radius 2 is 0.780 bits per heavy atom. The van der Waals surface area contributed by atoms with Crippen LogP contribution in [0.1, 0.15) is 140 Å². The van der Waals surface area contributed by atoms with Gasteiger partial charge in [0.05, 0.1) is 90.6 Å². The lowest BCUT2D eigenvalue weighted by Crippen LogP contribution is -2.55. The number of esters is 1. The minimum atomic E-state index is -1.01. The minimum Gasteiger partial charge on any atom is -0.478 e. The number of carboxylic acid groups (broad SMARTS) is 1. The largest absolute Gasteiger partial charge is 0.478 e. The van der Waals surface area contributed by atoms with Gasteiger partial charge in [-0.15, -0.1) is 0 Å². The number of fused-ring (bicyclic) bond motifs is 9. The van der Waals surface area contributed by atoms with Gasteiger partial charge in [-0.2, -0.15) is 15.3 Å². The van der Waals surface area contributed by atoms with Crippen LogP contribution in [0.25, 0.3) is 35.3 Å². The number of aromatic nitrogens is 6. The molecule has 6 aliphatic carbocycles. The number of carbonyl (C=O) groups excluding carboxylic acids is 5. The van der Waals surface area contributed by atoms with E-state index in [1.165, 1.54) is 84.2 Å². The number of halogens is 3. The number of aromatic carboxylic acids is 1. The first-order valence-electron chi connectivity index (χ1n) is 33.6. The second-order valence-electron chi connectivity index (χ2n) is 28.2. The number of carboxylic acids is 1. The minimum absolute atomic E-state index is 0.170. The highest BCUT2D eigenvalue weighted by Crippen LogP contribution is 2.60. The van der Waals surface area contributed by atoms with Crippen LogP contribution in [0.3, 0.4) is 0 Å². The van der Waals surface area contributed by atoms with Gasteiger partial charge in [-0.1, -0.05) is 37.5 Å². The van der Waals surface area contributed by atoms with E-state index in [9.17, 15) is 47.0 Å². The molecule has 512 valence electrons. The third kappa shape index (κ3) is 10.6. The van der Waals surface area contributed by atoms with E-state index in [1.54, 1.807) is 82.6 Å². The lowest BCUT2D eigenvalue weighted by atomic mass is 9.57. The first kappa shape index (κ1) is 65.1. The quantitative estimate of drug-likeness (QED) is 0.116. The van der Waals surface area contributed by atoms with E-state index >= 15 is 0 Å². The molecule has 0 bridgehead atoms. The van der Waals surface area contributed by atoms with Crippen LogP contribution < -0.4 is 9.80 Å². The van der Waals surface area contributed by atoms with Gasteiger partial charge < -0.3 is 24.1 Å². The summed E-state index contributed by atoms with van der Waals surface area (Å²) in [5, 5.41) is 22.9. The first-order chi connectivity index (χ1) is 48.0. The van der Waals surface area contributed by atoms with E-state index in [0.29, 0.717) is 49.3 Å². The van der Waals surface area contributed by atoms with E-state index in [1.807, 2.05) is 32.6 Å². The molecule has 4 amide bonds. The summed E-state index contributed by atoms with van der Waals surface area (Å²) in [6.45, 7) is 9.00. The van der Waals surface area contributed by atoms with Crippen molar-refractivity contribution in [2.45, 2.75) is 122 Å². The predicted octanol–water partition coefficient (Wildman–Crippen LogP) is 14.4. The van der Waals surface area contributed by atoms with Crippen molar-refractivity contribution in [3.8, 4) is 17.1 Å². The van der Waals surface area contributed by atoms with Crippen molar-refractivity contribution in [1.29, 1.82) is 0 Å². The molecule has 9 aliphatic rings. The Labute approximate surface area is 573 Å². The fraction of sp³-hybridized carbons (Fsp3) is 0.338. The fourth-order valence-electron chi connectivity index (χ4n) is 17.1. The molecule has 3 saturated carbocycles. The highest BCUT2D eigenvalue weighted by Gasteiger charge is 2.64. The van der Waals surface area contributed by atoms with Gasteiger partial charge in [0, 0.05) is 34.5 Å². The van der Waals surface area contributed by atoms with Gasteiger partial charge in [0.1, 0.15) is 34.3 Å². The molecule has 17 rings (SSSR count). The Balaban J connectivity index is 0.000000123. The lowest BCUT2D eigenvalue weighted by Gasteiger charge is -2.51. The number of methoxy groups -OCH3 is 1. The van der Waals surface area contributed by atoms with Gasteiger partial charge >= 0.3 is 30.2 Å². The molecule has 6 atom stereocenters. The number of rotatable bonds is 7. The van der Waals surface area contributed by atoms with Crippen molar-refractivity contribution in [3.63, 3.8) is 0 Å². The zero-order valence-electron chi connectivity index (χ0n) is 55.8. The van der Waals surface area contributed by atoms with E-state index < -0.39 is 51.8 Å². The second kappa shape index (κ2) is 24.3. The number of hydrogen-bond acceptors (Lipinski definition) is 13. The van der Waals surface area contributed by atoms with Gasteiger partial charge in [-0.25, -0.2) is 56.1 Å². The Kier molecular flexibility index (Phi) is 15.8. The van der Waals surface area contributed by atoms with Gasteiger partial charge in [0.15, 0.2) is 0 Å². The number of hydrogen-bond donors (Lipinski definition) is 1. The van der Waals surface area contributed by atoms with Gasteiger partial charge in [0.2, 0.25) is 5.91 Å². The molecule has 1 N–H and O–H groups in total. The van der Waals surface area contributed by atoms with Crippen LogP contribution in [0.4, 0.5) is 38.9 Å². The maximum Gasteiger partial charge on any atom is 0.417 e. The van der Waals surface area contributed by atoms with Crippen LogP contribution >= 0.6 is 0 Å². The van der Waals surface area contributed by atoms with Crippen LogP contribution in [0, 0.1) is 33.7 Å². The molecule has 3 aromatic heterocycles. The summed E-state index contributed by atoms with van der Waals surface area (Å²) in [4.78, 5) is 78.0. The zero-order valence-corrected chi connectivity index (χ0v) is 55.8. The summed E-state index contributed by atoms with van der Waals surface area (Å²) in [6, 6.07) is 32.0. The number of carbonyl (C=O) groups is 6. The van der Waals surface area contributed by atoms with Crippen LogP contribution in [0.2, 0.25) is 0 Å². The Hall–Kier alpha value is -10.8. The zero-order chi connectivity index (χ0) is 69.8. The van der Waals surface area contributed by atoms with Crippen molar-refractivity contribution in [3.05, 3.63) is 219 Å². The topological polar surface area (TPSA) is 223 Å². The maximum atomic E-state index is 13.5. The molecule has 23 heteroatoms. The average Bonchev–Trinajstić information content (AvgIpc) is 1.49. The van der Waals surface area contributed by atoms with Gasteiger partial charge in [-0.3, -0.25) is 14.6 Å². The maximum absolute atomic E-state index is 13.5.